The first kappa shape index (κ1) is 14.9. The number of carbonyl (C=O) groups excluding carboxylic acids is 1. The van der Waals surface area contributed by atoms with E-state index >= 15 is 0 Å². The second kappa shape index (κ2) is 5.84. The Bertz CT molecular complexity index is 465. The summed E-state index contributed by atoms with van der Waals surface area (Å²) in [7, 11) is 0. The maximum atomic E-state index is 12.3. The van der Waals surface area contributed by atoms with Crippen LogP contribution >= 0.6 is 0 Å². The van der Waals surface area contributed by atoms with E-state index in [1.54, 1.807) is 6.07 Å². The summed E-state index contributed by atoms with van der Waals surface area (Å²) in [6.45, 7) is 0.187. The number of nitrogens with zero attached hydrogens (tertiary/aromatic N) is 2. The predicted octanol–water partition coefficient (Wildman–Crippen LogP) is 1.06. The number of nitrogens with two attached hydrogens (primary N) is 1. The van der Waals surface area contributed by atoms with Gasteiger partial charge in [-0.05, 0) is 12.1 Å². The summed E-state index contributed by atoms with van der Waals surface area (Å²) < 4.78 is 42.0. The zero-order valence-corrected chi connectivity index (χ0v) is 10.8. The lowest BCUT2D eigenvalue weighted by molar-refractivity contribution is -0.148. The zero-order chi connectivity index (χ0) is 14.8. The predicted molar refractivity (Wildman–Crippen MR) is 65.0 cm³/mol. The van der Waals surface area contributed by atoms with Crippen molar-refractivity contribution in [3.05, 3.63) is 23.7 Å². The van der Waals surface area contributed by atoms with Crippen LogP contribution in [0.3, 0.4) is 0 Å². The van der Waals surface area contributed by atoms with Crippen molar-refractivity contribution in [3.8, 4) is 0 Å². The zero-order valence-electron chi connectivity index (χ0n) is 10.8. The van der Waals surface area contributed by atoms with Crippen molar-refractivity contribution in [3.63, 3.8) is 0 Å². The average molecular weight is 291 g/mol. The Hall–Kier alpha value is -1.54. The Morgan fingerprint density at radius 1 is 1.25 bits per heavy atom. The molecule has 0 aromatic carbocycles. The van der Waals surface area contributed by atoms with Crippen LogP contribution in [0.2, 0.25) is 0 Å². The van der Waals surface area contributed by atoms with E-state index < -0.39 is 12.7 Å². The minimum absolute atomic E-state index is 0.176. The molecule has 1 aromatic rings. The van der Waals surface area contributed by atoms with Crippen molar-refractivity contribution in [2.45, 2.75) is 12.7 Å². The highest BCUT2D eigenvalue weighted by molar-refractivity contribution is 5.91. The van der Waals surface area contributed by atoms with Crippen molar-refractivity contribution >= 4 is 5.91 Å². The van der Waals surface area contributed by atoms with E-state index in [0.29, 0.717) is 5.76 Å². The molecule has 0 unspecified atom stereocenters. The number of rotatable bonds is 3. The van der Waals surface area contributed by atoms with E-state index in [-0.39, 0.29) is 44.4 Å². The molecule has 2 N–H and O–H groups in total. The number of furan rings is 1. The van der Waals surface area contributed by atoms with E-state index in [1.165, 1.54) is 15.9 Å². The molecule has 1 saturated heterocycles. The minimum Gasteiger partial charge on any atom is -0.455 e. The smallest absolute Gasteiger partial charge is 0.401 e. The van der Waals surface area contributed by atoms with Crippen LogP contribution in [0.5, 0.6) is 0 Å². The maximum Gasteiger partial charge on any atom is 0.401 e. The van der Waals surface area contributed by atoms with Gasteiger partial charge in [0.25, 0.3) is 5.91 Å². The van der Waals surface area contributed by atoms with Gasteiger partial charge in [-0.25, -0.2) is 0 Å². The Morgan fingerprint density at radius 2 is 1.90 bits per heavy atom. The summed E-state index contributed by atoms with van der Waals surface area (Å²) in [5, 5.41) is 0. The minimum atomic E-state index is -4.21. The Labute approximate surface area is 114 Å². The molecule has 5 nitrogen and oxygen atoms in total. The highest BCUT2D eigenvalue weighted by atomic mass is 19.4. The van der Waals surface area contributed by atoms with Gasteiger partial charge in [-0.3, -0.25) is 9.69 Å². The molecule has 0 radical (unpaired) electrons. The van der Waals surface area contributed by atoms with Gasteiger partial charge in [0, 0.05) is 26.2 Å². The van der Waals surface area contributed by atoms with Crippen LogP contribution < -0.4 is 5.73 Å². The molecule has 1 aliphatic rings. The van der Waals surface area contributed by atoms with Gasteiger partial charge >= 0.3 is 6.18 Å². The number of hydrogen-bond acceptors (Lipinski definition) is 4. The second-order valence-corrected chi connectivity index (χ2v) is 4.65. The number of hydrogen-bond donors (Lipinski definition) is 1. The van der Waals surface area contributed by atoms with Crippen molar-refractivity contribution in [1.82, 2.24) is 9.80 Å². The molecule has 20 heavy (non-hydrogen) atoms. The fourth-order valence-corrected chi connectivity index (χ4v) is 2.12. The van der Waals surface area contributed by atoms with Crippen molar-refractivity contribution in [2.24, 2.45) is 5.73 Å². The number of carbonyl (C=O) groups is 1. The topological polar surface area (TPSA) is 62.7 Å². The molecular weight excluding hydrogens is 275 g/mol. The van der Waals surface area contributed by atoms with Crippen LogP contribution in [0.15, 0.2) is 16.5 Å². The fraction of sp³-hybridized carbons (Fsp3) is 0.583. The van der Waals surface area contributed by atoms with Crippen LogP contribution in [0, 0.1) is 0 Å². The maximum absolute atomic E-state index is 12.3. The van der Waals surface area contributed by atoms with Crippen LogP contribution in [-0.2, 0) is 6.54 Å². The molecule has 1 aromatic heterocycles. The molecule has 1 amide bonds. The van der Waals surface area contributed by atoms with Crippen LogP contribution in [-0.4, -0.2) is 54.6 Å². The Balaban J connectivity index is 1.88. The first-order valence-electron chi connectivity index (χ1n) is 6.26. The molecule has 1 aliphatic heterocycles. The summed E-state index contributed by atoms with van der Waals surface area (Å²) in [4.78, 5) is 14.9. The quantitative estimate of drug-likeness (QED) is 0.904. The van der Waals surface area contributed by atoms with Crippen molar-refractivity contribution in [2.75, 3.05) is 32.7 Å². The average Bonchev–Trinajstić information content (AvgIpc) is 2.85. The monoisotopic (exact) mass is 291 g/mol. The summed E-state index contributed by atoms with van der Waals surface area (Å²) in [6.07, 6.45) is -4.21. The number of piperazine rings is 1. The van der Waals surface area contributed by atoms with Gasteiger partial charge in [-0.15, -0.1) is 0 Å². The van der Waals surface area contributed by atoms with Gasteiger partial charge in [0.15, 0.2) is 5.76 Å². The molecule has 0 atom stereocenters. The molecular formula is C12H16F3N3O2. The molecule has 1 fully saturated rings. The third-order valence-electron chi connectivity index (χ3n) is 3.14. The highest BCUT2D eigenvalue weighted by Crippen LogP contribution is 2.18. The summed E-state index contributed by atoms with van der Waals surface area (Å²) >= 11 is 0. The van der Waals surface area contributed by atoms with E-state index in [4.69, 9.17) is 10.2 Å². The molecule has 0 saturated carbocycles. The van der Waals surface area contributed by atoms with E-state index in [0.717, 1.165) is 0 Å². The Morgan fingerprint density at radius 3 is 2.40 bits per heavy atom. The lowest BCUT2D eigenvalue weighted by Crippen LogP contribution is -2.50. The summed E-state index contributed by atoms with van der Waals surface area (Å²) in [5.41, 5.74) is 5.39. The van der Waals surface area contributed by atoms with Crippen LogP contribution in [0.4, 0.5) is 13.2 Å². The van der Waals surface area contributed by atoms with Crippen LogP contribution in [0.1, 0.15) is 16.3 Å². The van der Waals surface area contributed by atoms with Gasteiger partial charge in [-0.2, -0.15) is 13.2 Å². The van der Waals surface area contributed by atoms with E-state index in [2.05, 4.69) is 0 Å². The van der Waals surface area contributed by atoms with Gasteiger partial charge in [0.2, 0.25) is 0 Å². The third-order valence-corrected chi connectivity index (χ3v) is 3.14. The van der Waals surface area contributed by atoms with Gasteiger partial charge in [0.05, 0.1) is 13.1 Å². The standard InChI is InChI=1S/C12H16F3N3O2/c13-12(14,15)8-17-3-5-18(6-4-17)11(19)10-2-1-9(7-16)20-10/h1-2H,3-8,16H2. The van der Waals surface area contributed by atoms with E-state index in [9.17, 15) is 18.0 Å². The first-order chi connectivity index (χ1) is 9.39. The largest absolute Gasteiger partial charge is 0.455 e. The van der Waals surface area contributed by atoms with Crippen molar-refractivity contribution in [1.29, 1.82) is 0 Å². The SMILES string of the molecule is NCc1ccc(C(=O)N2CCN(CC(F)(F)F)CC2)o1. The Kier molecular flexibility index (Phi) is 4.34. The van der Waals surface area contributed by atoms with Crippen molar-refractivity contribution < 1.29 is 22.4 Å². The molecule has 0 aliphatic carbocycles. The van der Waals surface area contributed by atoms with Gasteiger partial charge < -0.3 is 15.1 Å². The molecule has 0 spiro atoms. The number of halogens is 3. The molecule has 0 bridgehead atoms. The molecule has 8 heteroatoms. The second-order valence-electron chi connectivity index (χ2n) is 4.65. The third kappa shape index (κ3) is 3.73. The number of amides is 1. The summed E-state index contributed by atoms with van der Waals surface area (Å²) in [6, 6.07) is 3.15. The summed E-state index contributed by atoms with van der Waals surface area (Å²) in [5.74, 6) is 0.370. The molecule has 2 heterocycles. The lowest BCUT2D eigenvalue weighted by Gasteiger charge is -2.34. The fourth-order valence-electron chi connectivity index (χ4n) is 2.12. The number of alkyl halides is 3. The van der Waals surface area contributed by atoms with Gasteiger partial charge in [0.1, 0.15) is 5.76 Å². The lowest BCUT2D eigenvalue weighted by atomic mass is 10.3. The highest BCUT2D eigenvalue weighted by Gasteiger charge is 2.33. The first-order valence-corrected chi connectivity index (χ1v) is 6.26. The molecule has 112 valence electrons. The molecule has 2 rings (SSSR count). The van der Waals surface area contributed by atoms with E-state index in [1.807, 2.05) is 0 Å². The van der Waals surface area contributed by atoms with Gasteiger partial charge in [-0.1, -0.05) is 0 Å². The van der Waals surface area contributed by atoms with Crippen LogP contribution in [0.25, 0.3) is 0 Å². The normalized spacial score (nSPS) is 17.5.